The predicted molar refractivity (Wildman–Crippen MR) is 66.4 cm³/mol. The molecule has 0 saturated heterocycles. The molecule has 16 heavy (non-hydrogen) atoms. The summed E-state index contributed by atoms with van der Waals surface area (Å²) >= 11 is 0. The lowest BCUT2D eigenvalue weighted by Gasteiger charge is -2.10. The number of nitrogens with one attached hydrogen (secondary N) is 2. The van der Waals surface area contributed by atoms with Crippen molar-refractivity contribution in [3.8, 4) is 0 Å². The molecular weight excluding hydrogens is 203 g/mol. The third kappa shape index (κ3) is 2.03. The Morgan fingerprint density at radius 1 is 1.25 bits per heavy atom. The van der Waals surface area contributed by atoms with Crippen LogP contribution >= 0.6 is 0 Å². The van der Waals surface area contributed by atoms with Gasteiger partial charge in [0, 0.05) is 29.2 Å². The number of rotatable bonds is 4. The summed E-state index contributed by atoms with van der Waals surface area (Å²) in [4.78, 5) is 2.72. The Labute approximate surface area is 94.9 Å². The van der Waals surface area contributed by atoms with Gasteiger partial charge in [-0.1, -0.05) is 13.8 Å². The zero-order chi connectivity index (χ0) is 11.5. The number of benzene rings is 1. The molecule has 1 aromatic carbocycles. The average molecular weight is 220 g/mol. The maximum absolute atomic E-state index is 13.1. The minimum Gasteiger partial charge on any atom is -0.385 e. The second-order valence-corrected chi connectivity index (χ2v) is 3.99. The van der Waals surface area contributed by atoms with E-state index in [0.29, 0.717) is 0 Å². The summed E-state index contributed by atoms with van der Waals surface area (Å²) in [5.41, 5.74) is 3.22. The lowest BCUT2D eigenvalue weighted by molar-refractivity contribution is 0.595. The SMILES string of the molecule is CCCNc1cc2cc(F)[nH]c2cc1CC. The van der Waals surface area contributed by atoms with Crippen LogP contribution in [-0.2, 0) is 6.42 Å². The van der Waals surface area contributed by atoms with Crippen LogP contribution in [0.5, 0.6) is 0 Å². The van der Waals surface area contributed by atoms with Crippen molar-refractivity contribution in [3.05, 3.63) is 29.7 Å². The maximum Gasteiger partial charge on any atom is 0.192 e. The van der Waals surface area contributed by atoms with Gasteiger partial charge in [0.2, 0.25) is 0 Å². The molecule has 2 aromatic rings. The van der Waals surface area contributed by atoms with Crippen molar-refractivity contribution in [1.29, 1.82) is 0 Å². The Hall–Kier alpha value is -1.51. The highest BCUT2D eigenvalue weighted by Crippen LogP contribution is 2.24. The van der Waals surface area contributed by atoms with Crippen LogP contribution in [0.4, 0.5) is 10.1 Å². The van der Waals surface area contributed by atoms with Crippen molar-refractivity contribution in [2.45, 2.75) is 26.7 Å². The van der Waals surface area contributed by atoms with Crippen molar-refractivity contribution in [3.63, 3.8) is 0 Å². The van der Waals surface area contributed by atoms with E-state index in [2.05, 4.69) is 24.1 Å². The molecule has 1 heterocycles. The van der Waals surface area contributed by atoms with E-state index in [4.69, 9.17) is 0 Å². The first-order valence-corrected chi connectivity index (χ1v) is 5.79. The van der Waals surface area contributed by atoms with Gasteiger partial charge in [-0.05, 0) is 30.5 Å². The van der Waals surface area contributed by atoms with E-state index in [9.17, 15) is 4.39 Å². The summed E-state index contributed by atoms with van der Waals surface area (Å²) in [7, 11) is 0. The van der Waals surface area contributed by atoms with Gasteiger partial charge in [0.15, 0.2) is 5.95 Å². The van der Waals surface area contributed by atoms with Gasteiger partial charge < -0.3 is 10.3 Å². The zero-order valence-corrected chi connectivity index (χ0v) is 9.73. The fourth-order valence-corrected chi connectivity index (χ4v) is 1.91. The molecule has 0 saturated carbocycles. The molecular formula is C13H17FN2. The van der Waals surface area contributed by atoms with Crippen molar-refractivity contribution < 1.29 is 4.39 Å². The second kappa shape index (κ2) is 4.56. The van der Waals surface area contributed by atoms with Gasteiger partial charge in [0.25, 0.3) is 0 Å². The molecule has 0 spiro atoms. The Morgan fingerprint density at radius 3 is 2.75 bits per heavy atom. The van der Waals surface area contributed by atoms with Gasteiger partial charge in [-0.3, -0.25) is 0 Å². The standard InChI is InChI=1S/C13H17FN2/c1-3-5-15-11-7-10-8-13(14)16-12(10)6-9(11)4-2/h6-8,15-16H,3-5H2,1-2H3. The predicted octanol–water partition coefficient (Wildman–Crippen LogP) is 3.69. The van der Waals surface area contributed by atoms with Crippen LogP contribution in [0.2, 0.25) is 0 Å². The number of halogens is 1. The summed E-state index contributed by atoms with van der Waals surface area (Å²) < 4.78 is 13.1. The molecule has 1 aromatic heterocycles. The average Bonchev–Trinajstić information content (AvgIpc) is 2.63. The number of aromatic amines is 1. The van der Waals surface area contributed by atoms with E-state index in [0.717, 1.165) is 36.0 Å². The number of H-pyrrole nitrogens is 1. The number of aromatic nitrogens is 1. The van der Waals surface area contributed by atoms with Crippen LogP contribution in [0.25, 0.3) is 10.9 Å². The molecule has 0 radical (unpaired) electrons. The molecule has 3 heteroatoms. The summed E-state index contributed by atoms with van der Waals surface area (Å²) in [5, 5.41) is 4.30. The van der Waals surface area contributed by atoms with E-state index in [1.807, 2.05) is 12.1 Å². The van der Waals surface area contributed by atoms with Gasteiger partial charge in [-0.25, -0.2) is 0 Å². The maximum atomic E-state index is 13.1. The third-order valence-corrected chi connectivity index (χ3v) is 2.76. The third-order valence-electron chi connectivity index (χ3n) is 2.76. The number of anilines is 1. The summed E-state index contributed by atoms with van der Waals surface area (Å²) in [6.45, 7) is 5.19. The normalized spacial score (nSPS) is 10.9. The Balaban J connectivity index is 2.44. The van der Waals surface area contributed by atoms with E-state index < -0.39 is 0 Å². The lowest BCUT2D eigenvalue weighted by atomic mass is 10.1. The molecule has 0 unspecified atom stereocenters. The molecule has 0 atom stereocenters. The van der Waals surface area contributed by atoms with Crippen LogP contribution in [0, 0.1) is 5.95 Å². The minimum atomic E-state index is -0.273. The smallest absolute Gasteiger partial charge is 0.192 e. The van der Waals surface area contributed by atoms with Crippen LogP contribution in [0.1, 0.15) is 25.8 Å². The molecule has 0 amide bonds. The van der Waals surface area contributed by atoms with Crippen molar-refractivity contribution in [2.75, 3.05) is 11.9 Å². The largest absolute Gasteiger partial charge is 0.385 e. The van der Waals surface area contributed by atoms with E-state index in [1.54, 1.807) is 0 Å². The quantitative estimate of drug-likeness (QED) is 0.808. The molecule has 0 bridgehead atoms. The first kappa shape index (κ1) is 11.0. The minimum absolute atomic E-state index is 0.273. The molecule has 0 aliphatic rings. The van der Waals surface area contributed by atoms with Gasteiger partial charge in [-0.2, -0.15) is 4.39 Å². The number of fused-ring (bicyclic) bond motifs is 1. The number of aryl methyl sites for hydroxylation is 1. The van der Waals surface area contributed by atoms with E-state index in [1.165, 1.54) is 11.6 Å². The van der Waals surface area contributed by atoms with Crippen LogP contribution in [-0.4, -0.2) is 11.5 Å². The second-order valence-electron chi connectivity index (χ2n) is 3.99. The molecule has 0 aliphatic heterocycles. The van der Waals surface area contributed by atoms with Crippen molar-refractivity contribution in [1.82, 2.24) is 4.98 Å². The van der Waals surface area contributed by atoms with Crippen LogP contribution < -0.4 is 5.32 Å². The van der Waals surface area contributed by atoms with Crippen molar-refractivity contribution >= 4 is 16.6 Å². The van der Waals surface area contributed by atoms with Crippen LogP contribution in [0.3, 0.4) is 0 Å². The topological polar surface area (TPSA) is 27.8 Å². The fraction of sp³-hybridized carbons (Fsp3) is 0.385. The first-order chi connectivity index (χ1) is 7.74. The van der Waals surface area contributed by atoms with Gasteiger partial charge in [-0.15, -0.1) is 0 Å². The molecule has 0 aliphatic carbocycles. The lowest BCUT2D eigenvalue weighted by Crippen LogP contribution is -2.02. The Kier molecular flexibility index (Phi) is 3.13. The Bertz CT molecular complexity index is 488. The molecule has 2 N–H and O–H groups in total. The Morgan fingerprint density at radius 2 is 2.06 bits per heavy atom. The summed E-state index contributed by atoms with van der Waals surface area (Å²) in [6.07, 6.45) is 2.03. The molecule has 86 valence electrons. The number of hydrogen-bond donors (Lipinski definition) is 2. The van der Waals surface area contributed by atoms with E-state index in [-0.39, 0.29) is 5.95 Å². The highest BCUT2D eigenvalue weighted by Gasteiger charge is 2.06. The number of hydrogen-bond acceptors (Lipinski definition) is 1. The van der Waals surface area contributed by atoms with Gasteiger partial charge in [0.05, 0.1) is 0 Å². The van der Waals surface area contributed by atoms with Crippen LogP contribution in [0.15, 0.2) is 18.2 Å². The zero-order valence-electron chi connectivity index (χ0n) is 9.73. The summed E-state index contributed by atoms with van der Waals surface area (Å²) in [6, 6.07) is 5.58. The molecule has 2 nitrogen and oxygen atoms in total. The first-order valence-electron chi connectivity index (χ1n) is 5.79. The molecule has 2 rings (SSSR count). The highest BCUT2D eigenvalue weighted by atomic mass is 19.1. The fourth-order valence-electron chi connectivity index (χ4n) is 1.91. The van der Waals surface area contributed by atoms with E-state index >= 15 is 0 Å². The summed E-state index contributed by atoms with van der Waals surface area (Å²) in [5.74, 6) is -0.273. The van der Waals surface area contributed by atoms with Crippen molar-refractivity contribution in [2.24, 2.45) is 0 Å². The van der Waals surface area contributed by atoms with Gasteiger partial charge >= 0.3 is 0 Å². The highest BCUT2D eigenvalue weighted by molar-refractivity contribution is 5.85. The molecule has 0 fully saturated rings. The van der Waals surface area contributed by atoms with Gasteiger partial charge in [0.1, 0.15) is 0 Å². The monoisotopic (exact) mass is 220 g/mol.